The van der Waals surface area contributed by atoms with Gasteiger partial charge < -0.3 is 19.7 Å². The number of nitrogens with zero attached hydrogens (tertiary/aromatic N) is 1. The molecule has 1 N–H and O–H groups in total. The number of amides is 2. The third-order valence-electron chi connectivity index (χ3n) is 3.33. The lowest BCUT2D eigenvalue weighted by atomic mass is 10.2. The zero-order valence-corrected chi connectivity index (χ0v) is 12.6. The summed E-state index contributed by atoms with van der Waals surface area (Å²) in [5, 5.41) is 2.75. The first kappa shape index (κ1) is 16.5. The molecule has 1 aromatic rings. The van der Waals surface area contributed by atoms with Gasteiger partial charge in [0.2, 0.25) is 0 Å². The number of alkyl halides is 2. The Balaban J connectivity index is 1.99. The average Bonchev–Trinajstić information content (AvgIpc) is 2.47. The van der Waals surface area contributed by atoms with Crippen molar-refractivity contribution >= 4 is 11.7 Å². The molecule has 1 fully saturated rings. The lowest BCUT2D eigenvalue weighted by Crippen LogP contribution is -2.46. The molecule has 22 heavy (non-hydrogen) atoms. The lowest BCUT2D eigenvalue weighted by Gasteiger charge is -2.31. The molecule has 0 spiro atoms. The van der Waals surface area contributed by atoms with Crippen LogP contribution in [-0.4, -0.2) is 49.8 Å². The second-order valence-electron chi connectivity index (χ2n) is 5.24. The largest absolute Gasteiger partial charge is 0.487 e. The average molecular weight is 314 g/mol. The molecule has 7 heteroatoms. The van der Waals surface area contributed by atoms with Crippen LogP contribution in [-0.2, 0) is 4.74 Å². The van der Waals surface area contributed by atoms with Gasteiger partial charge in [0.25, 0.3) is 6.43 Å². The molecule has 1 aliphatic rings. The third-order valence-corrected chi connectivity index (χ3v) is 3.33. The lowest BCUT2D eigenvalue weighted by molar-refractivity contribution is -0.00138. The van der Waals surface area contributed by atoms with E-state index in [2.05, 4.69) is 5.32 Å². The molecule has 5 nitrogen and oxygen atoms in total. The fourth-order valence-corrected chi connectivity index (χ4v) is 2.19. The SMILES string of the molecule is Cc1ccc(NC(=O)N2CCO[C@@H](C)C2)cc1OCC(F)F. The fourth-order valence-electron chi connectivity index (χ4n) is 2.19. The molecular weight excluding hydrogens is 294 g/mol. The van der Waals surface area contributed by atoms with Crippen LogP contribution in [0.4, 0.5) is 19.3 Å². The Bertz CT molecular complexity index is 526. The number of anilines is 1. The predicted molar refractivity (Wildman–Crippen MR) is 78.7 cm³/mol. The van der Waals surface area contributed by atoms with E-state index >= 15 is 0 Å². The topological polar surface area (TPSA) is 50.8 Å². The second kappa shape index (κ2) is 7.40. The highest BCUT2D eigenvalue weighted by Crippen LogP contribution is 2.23. The number of carbonyl (C=O) groups excluding carboxylic acids is 1. The molecular formula is C15H20F2N2O3. The second-order valence-corrected chi connectivity index (χ2v) is 5.24. The molecule has 1 atom stereocenters. The Kier molecular flexibility index (Phi) is 5.54. The summed E-state index contributed by atoms with van der Waals surface area (Å²) >= 11 is 0. The molecule has 0 unspecified atom stereocenters. The first-order valence-electron chi connectivity index (χ1n) is 7.15. The number of ether oxygens (including phenoxy) is 2. The van der Waals surface area contributed by atoms with Crippen LogP contribution in [0.3, 0.4) is 0 Å². The maximum absolute atomic E-state index is 12.2. The summed E-state index contributed by atoms with van der Waals surface area (Å²) in [5.41, 5.74) is 1.25. The van der Waals surface area contributed by atoms with Gasteiger partial charge in [0.05, 0.1) is 12.7 Å². The van der Waals surface area contributed by atoms with Crippen LogP contribution >= 0.6 is 0 Å². The van der Waals surface area contributed by atoms with Gasteiger partial charge in [0.1, 0.15) is 12.4 Å². The number of urea groups is 1. The van der Waals surface area contributed by atoms with Crippen LogP contribution in [0.25, 0.3) is 0 Å². The van der Waals surface area contributed by atoms with Crippen LogP contribution in [0.15, 0.2) is 18.2 Å². The molecule has 1 aromatic carbocycles. The number of hydrogen-bond acceptors (Lipinski definition) is 3. The highest BCUT2D eigenvalue weighted by Gasteiger charge is 2.21. The Morgan fingerprint density at radius 3 is 3.00 bits per heavy atom. The van der Waals surface area contributed by atoms with Gasteiger partial charge in [-0.05, 0) is 25.5 Å². The summed E-state index contributed by atoms with van der Waals surface area (Å²) in [5.74, 6) is 0.341. The minimum absolute atomic E-state index is 0.00227. The number of carbonyl (C=O) groups is 1. The molecule has 2 amide bonds. The maximum atomic E-state index is 12.2. The number of aryl methyl sites for hydroxylation is 1. The fraction of sp³-hybridized carbons (Fsp3) is 0.533. The summed E-state index contributed by atoms with van der Waals surface area (Å²) in [6.07, 6.45) is -2.53. The number of hydrogen-bond donors (Lipinski definition) is 1. The van der Waals surface area contributed by atoms with Crippen LogP contribution in [0, 0.1) is 6.92 Å². The van der Waals surface area contributed by atoms with Crippen molar-refractivity contribution < 1.29 is 23.0 Å². The van der Waals surface area contributed by atoms with E-state index in [0.29, 0.717) is 31.1 Å². The zero-order chi connectivity index (χ0) is 16.1. The molecule has 1 saturated heterocycles. The maximum Gasteiger partial charge on any atom is 0.322 e. The van der Waals surface area contributed by atoms with Crippen molar-refractivity contribution in [1.29, 1.82) is 0 Å². The molecule has 0 bridgehead atoms. The molecule has 2 rings (SSSR count). The predicted octanol–water partition coefficient (Wildman–Crippen LogP) is 2.89. The third kappa shape index (κ3) is 4.56. The van der Waals surface area contributed by atoms with E-state index in [9.17, 15) is 13.6 Å². The molecule has 0 aliphatic carbocycles. The normalized spacial score (nSPS) is 18.4. The quantitative estimate of drug-likeness (QED) is 0.930. The van der Waals surface area contributed by atoms with Crippen molar-refractivity contribution in [3.05, 3.63) is 23.8 Å². The van der Waals surface area contributed by atoms with Crippen molar-refractivity contribution in [2.24, 2.45) is 0 Å². The van der Waals surface area contributed by atoms with Gasteiger partial charge in [0, 0.05) is 24.8 Å². The van der Waals surface area contributed by atoms with Gasteiger partial charge in [-0.1, -0.05) is 6.07 Å². The van der Waals surface area contributed by atoms with Crippen LogP contribution in [0.2, 0.25) is 0 Å². The van der Waals surface area contributed by atoms with Gasteiger partial charge in [-0.2, -0.15) is 0 Å². The van der Waals surface area contributed by atoms with Crippen molar-refractivity contribution in [3.8, 4) is 5.75 Å². The highest BCUT2D eigenvalue weighted by atomic mass is 19.3. The smallest absolute Gasteiger partial charge is 0.322 e. The first-order valence-corrected chi connectivity index (χ1v) is 7.15. The van der Waals surface area contributed by atoms with Gasteiger partial charge in [-0.25, -0.2) is 13.6 Å². The summed E-state index contributed by atoms with van der Waals surface area (Å²) in [6.45, 7) is 4.55. The number of benzene rings is 1. The molecule has 1 aliphatic heterocycles. The number of rotatable bonds is 4. The summed E-state index contributed by atoms with van der Waals surface area (Å²) in [4.78, 5) is 13.8. The molecule has 0 saturated carbocycles. The summed E-state index contributed by atoms with van der Waals surface area (Å²) in [7, 11) is 0. The Labute approximate surface area is 128 Å². The van der Waals surface area contributed by atoms with E-state index in [1.54, 1.807) is 30.0 Å². The zero-order valence-electron chi connectivity index (χ0n) is 12.6. The van der Waals surface area contributed by atoms with Crippen LogP contribution < -0.4 is 10.1 Å². The summed E-state index contributed by atoms with van der Waals surface area (Å²) in [6, 6.07) is 4.75. The van der Waals surface area contributed by atoms with Crippen molar-refractivity contribution in [3.63, 3.8) is 0 Å². The van der Waals surface area contributed by atoms with Crippen LogP contribution in [0.5, 0.6) is 5.75 Å². The molecule has 1 heterocycles. The van der Waals surface area contributed by atoms with Crippen molar-refractivity contribution in [2.75, 3.05) is 31.6 Å². The number of nitrogens with one attached hydrogen (secondary N) is 1. The molecule has 122 valence electrons. The van der Waals surface area contributed by atoms with E-state index in [4.69, 9.17) is 9.47 Å². The van der Waals surface area contributed by atoms with Gasteiger partial charge in [-0.15, -0.1) is 0 Å². The molecule has 0 radical (unpaired) electrons. The highest BCUT2D eigenvalue weighted by molar-refractivity contribution is 5.89. The van der Waals surface area contributed by atoms with Gasteiger partial charge in [-0.3, -0.25) is 0 Å². The minimum Gasteiger partial charge on any atom is -0.487 e. The Hall–Kier alpha value is -1.89. The van der Waals surface area contributed by atoms with Crippen molar-refractivity contribution in [2.45, 2.75) is 26.4 Å². The first-order chi connectivity index (χ1) is 10.5. The Morgan fingerprint density at radius 1 is 1.55 bits per heavy atom. The monoisotopic (exact) mass is 314 g/mol. The standard InChI is InChI=1S/C15H20F2N2O3/c1-10-3-4-12(7-13(10)22-9-14(16)17)18-15(20)19-5-6-21-11(2)8-19/h3-4,7,11,14H,5-6,8-9H2,1-2H3,(H,18,20)/t11-/m0/s1. The Morgan fingerprint density at radius 2 is 2.32 bits per heavy atom. The van der Waals surface area contributed by atoms with Crippen molar-refractivity contribution in [1.82, 2.24) is 4.90 Å². The van der Waals surface area contributed by atoms with E-state index < -0.39 is 13.0 Å². The van der Waals surface area contributed by atoms with E-state index in [1.807, 2.05) is 6.92 Å². The van der Waals surface area contributed by atoms with E-state index in [0.717, 1.165) is 5.56 Å². The number of morpholine rings is 1. The van der Waals surface area contributed by atoms with E-state index in [1.165, 1.54) is 0 Å². The van der Waals surface area contributed by atoms with Gasteiger partial charge in [0.15, 0.2) is 0 Å². The molecule has 0 aromatic heterocycles. The summed E-state index contributed by atoms with van der Waals surface area (Å²) < 4.78 is 34.9. The van der Waals surface area contributed by atoms with Crippen LogP contribution in [0.1, 0.15) is 12.5 Å². The minimum atomic E-state index is -2.53. The van der Waals surface area contributed by atoms with E-state index in [-0.39, 0.29) is 12.1 Å². The number of halogens is 2. The van der Waals surface area contributed by atoms with Gasteiger partial charge >= 0.3 is 6.03 Å².